The van der Waals surface area contributed by atoms with Gasteiger partial charge in [0.25, 0.3) is 0 Å². The molecule has 0 heterocycles. The van der Waals surface area contributed by atoms with Gasteiger partial charge in [-0.2, -0.15) is 0 Å². The number of amides is 2. The van der Waals surface area contributed by atoms with Crippen molar-refractivity contribution in [3.63, 3.8) is 0 Å². The molecule has 32 heavy (non-hydrogen) atoms. The lowest BCUT2D eigenvalue weighted by atomic mass is 10.1. The van der Waals surface area contributed by atoms with Gasteiger partial charge in [-0.3, -0.25) is 9.59 Å². The molecule has 0 aliphatic heterocycles. The molecule has 0 bridgehead atoms. The van der Waals surface area contributed by atoms with Gasteiger partial charge >= 0.3 is 0 Å². The maximum absolute atomic E-state index is 13.2. The fourth-order valence-electron chi connectivity index (χ4n) is 3.96. The standard InChI is InChI=1S/C25H30Cl2N2O2S/c1-18(25(31)28-20-10-5-6-11-20)29(15-14-19-8-3-2-4-9-19)24(30)17-32-16-21-22(26)12-7-13-23(21)27/h2-4,7-9,12-13,18,20H,5-6,10-11,14-17H2,1H3,(H,28,31). The largest absolute Gasteiger partial charge is 0.352 e. The number of carbonyl (C=O) groups excluding carboxylic acids is 2. The lowest BCUT2D eigenvalue weighted by Crippen LogP contribution is -2.51. The van der Waals surface area contributed by atoms with Crippen LogP contribution in [-0.2, 0) is 21.8 Å². The Labute approximate surface area is 205 Å². The SMILES string of the molecule is CC(C(=O)NC1CCCC1)N(CCc1ccccc1)C(=O)CSCc1c(Cl)cccc1Cl. The Bertz CT molecular complexity index is 884. The van der Waals surface area contributed by atoms with Gasteiger partial charge in [0.15, 0.2) is 0 Å². The Morgan fingerprint density at radius 3 is 2.38 bits per heavy atom. The number of benzene rings is 2. The number of hydrogen-bond acceptors (Lipinski definition) is 3. The monoisotopic (exact) mass is 492 g/mol. The summed E-state index contributed by atoms with van der Waals surface area (Å²) in [6, 6.07) is 15.1. The Balaban J connectivity index is 1.62. The van der Waals surface area contributed by atoms with Crippen LogP contribution in [0.3, 0.4) is 0 Å². The summed E-state index contributed by atoms with van der Waals surface area (Å²) in [5, 5.41) is 4.33. The molecule has 1 N–H and O–H groups in total. The maximum atomic E-state index is 13.2. The highest BCUT2D eigenvalue weighted by Gasteiger charge is 2.28. The lowest BCUT2D eigenvalue weighted by molar-refractivity contribution is -0.138. The third kappa shape index (κ3) is 7.16. The average Bonchev–Trinajstić information content (AvgIpc) is 3.29. The molecule has 0 aromatic heterocycles. The Morgan fingerprint density at radius 2 is 1.72 bits per heavy atom. The van der Waals surface area contributed by atoms with Crippen molar-refractivity contribution in [1.29, 1.82) is 0 Å². The first-order chi connectivity index (χ1) is 15.5. The van der Waals surface area contributed by atoms with Crippen molar-refractivity contribution in [3.05, 3.63) is 69.7 Å². The zero-order valence-electron chi connectivity index (χ0n) is 18.4. The zero-order valence-corrected chi connectivity index (χ0v) is 20.7. The van der Waals surface area contributed by atoms with Gasteiger partial charge in [0.05, 0.1) is 5.75 Å². The van der Waals surface area contributed by atoms with Gasteiger partial charge in [0, 0.05) is 28.4 Å². The smallest absolute Gasteiger partial charge is 0.242 e. The van der Waals surface area contributed by atoms with Crippen molar-refractivity contribution in [1.82, 2.24) is 10.2 Å². The van der Waals surface area contributed by atoms with E-state index in [1.54, 1.807) is 23.1 Å². The van der Waals surface area contributed by atoms with Crippen LogP contribution in [-0.4, -0.2) is 41.1 Å². The summed E-state index contributed by atoms with van der Waals surface area (Å²) in [4.78, 5) is 27.8. The summed E-state index contributed by atoms with van der Waals surface area (Å²) < 4.78 is 0. The summed E-state index contributed by atoms with van der Waals surface area (Å²) in [6.45, 7) is 2.32. The van der Waals surface area contributed by atoms with E-state index in [2.05, 4.69) is 5.32 Å². The summed E-state index contributed by atoms with van der Waals surface area (Å²) in [7, 11) is 0. The van der Waals surface area contributed by atoms with E-state index in [9.17, 15) is 9.59 Å². The predicted molar refractivity (Wildman–Crippen MR) is 134 cm³/mol. The van der Waals surface area contributed by atoms with E-state index >= 15 is 0 Å². The van der Waals surface area contributed by atoms with Gasteiger partial charge in [0.1, 0.15) is 6.04 Å². The lowest BCUT2D eigenvalue weighted by Gasteiger charge is -2.29. The topological polar surface area (TPSA) is 49.4 Å². The van der Waals surface area contributed by atoms with Gasteiger partial charge in [-0.05, 0) is 49.4 Å². The molecular formula is C25H30Cl2N2O2S. The van der Waals surface area contributed by atoms with Gasteiger partial charge in [-0.15, -0.1) is 11.8 Å². The van der Waals surface area contributed by atoms with E-state index in [0.717, 1.165) is 36.8 Å². The fraction of sp³-hybridized carbons (Fsp3) is 0.440. The summed E-state index contributed by atoms with van der Waals surface area (Å²) in [5.74, 6) is 0.678. The highest BCUT2D eigenvalue weighted by Crippen LogP contribution is 2.28. The normalized spacial score (nSPS) is 14.8. The highest BCUT2D eigenvalue weighted by atomic mass is 35.5. The number of carbonyl (C=O) groups is 2. The van der Waals surface area contributed by atoms with Crippen molar-refractivity contribution in [2.45, 2.75) is 56.9 Å². The minimum atomic E-state index is -0.517. The number of halogens is 2. The first-order valence-corrected chi connectivity index (χ1v) is 13.0. The first kappa shape index (κ1) is 24.9. The summed E-state index contributed by atoms with van der Waals surface area (Å²) >= 11 is 14.0. The van der Waals surface area contributed by atoms with Crippen LogP contribution in [0, 0.1) is 0 Å². The van der Waals surface area contributed by atoms with E-state index in [0.29, 0.717) is 28.8 Å². The Kier molecular flexibility index (Phi) is 9.76. The van der Waals surface area contributed by atoms with Crippen LogP contribution in [0.1, 0.15) is 43.7 Å². The van der Waals surface area contributed by atoms with Crippen LogP contribution in [0.25, 0.3) is 0 Å². The molecule has 1 atom stereocenters. The molecule has 1 unspecified atom stereocenters. The van der Waals surface area contributed by atoms with Crippen molar-refractivity contribution in [2.75, 3.05) is 12.3 Å². The zero-order chi connectivity index (χ0) is 22.9. The minimum absolute atomic E-state index is 0.0526. The molecule has 172 valence electrons. The van der Waals surface area contributed by atoms with E-state index in [4.69, 9.17) is 23.2 Å². The average molecular weight is 494 g/mol. The molecule has 1 aliphatic rings. The van der Waals surface area contributed by atoms with Crippen molar-refractivity contribution < 1.29 is 9.59 Å². The molecule has 1 aliphatic carbocycles. The molecular weight excluding hydrogens is 463 g/mol. The fourth-order valence-corrected chi connectivity index (χ4v) is 5.60. The predicted octanol–water partition coefficient (Wildman–Crippen LogP) is 5.75. The van der Waals surface area contributed by atoms with Crippen molar-refractivity contribution in [2.24, 2.45) is 0 Å². The molecule has 2 amide bonds. The van der Waals surface area contributed by atoms with E-state index in [1.807, 2.05) is 37.3 Å². The van der Waals surface area contributed by atoms with Crippen LogP contribution in [0.15, 0.2) is 48.5 Å². The van der Waals surface area contributed by atoms with Crippen LogP contribution in [0.2, 0.25) is 10.0 Å². The van der Waals surface area contributed by atoms with Crippen molar-refractivity contribution in [3.8, 4) is 0 Å². The highest BCUT2D eigenvalue weighted by molar-refractivity contribution is 7.99. The molecule has 1 fully saturated rings. The molecule has 4 nitrogen and oxygen atoms in total. The molecule has 1 saturated carbocycles. The summed E-state index contributed by atoms with van der Waals surface area (Å²) in [6.07, 6.45) is 5.04. The molecule has 2 aromatic carbocycles. The van der Waals surface area contributed by atoms with Gasteiger partial charge in [0.2, 0.25) is 11.8 Å². The van der Waals surface area contributed by atoms with Gasteiger partial charge in [-0.25, -0.2) is 0 Å². The van der Waals surface area contributed by atoms with E-state index in [-0.39, 0.29) is 23.6 Å². The second-order valence-electron chi connectivity index (χ2n) is 8.18. The third-order valence-corrected chi connectivity index (χ3v) is 7.54. The number of hydrogen-bond donors (Lipinski definition) is 1. The van der Waals surface area contributed by atoms with Crippen molar-refractivity contribution >= 4 is 46.8 Å². The quantitative estimate of drug-likeness (QED) is 0.459. The minimum Gasteiger partial charge on any atom is -0.352 e. The maximum Gasteiger partial charge on any atom is 0.242 e. The molecule has 0 spiro atoms. The summed E-state index contributed by atoms with van der Waals surface area (Å²) in [5.41, 5.74) is 1.97. The Hall–Kier alpha value is -1.69. The first-order valence-electron chi connectivity index (χ1n) is 11.1. The second-order valence-corrected chi connectivity index (χ2v) is 9.98. The molecule has 7 heteroatoms. The van der Waals surface area contributed by atoms with Crippen LogP contribution in [0.4, 0.5) is 0 Å². The van der Waals surface area contributed by atoms with Gasteiger partial charge in [-0.1, -0.05) is 72.4 Å². The molecule has 3 rings (SSSR count). The van der Waals surface area contributed by atoms with Crippen LogP contribution in [0.5, 0.6) is 0 Å². The number of rotatable bonds is 10. The van der Waals surface area contributed by atoms with E-state index < -0.39 is 6.04 Å². The van der Waals surface area contributed by atoms with Crippen LogP contribution >= 0.6 is 35.0 Å². The van der Waals surface area contributed by atoms with Crippen LogP contribution < -0.4 is 5.32 Å². The number of thioether (sulfide) groups is 1. The van der Waals surface area contributed by atoms with E-state index in [1.165, 1.54) is 11.8 Å². The number of nitrogens with zero attached hydrogens (tertiary/aromatic N) is 1. The third-order valence-electron chi connectivity index (χ3n) is 5.89. The van der Waals surface area contributed by atoms with Gasteiger partial charge < -0.3 is 10.2 Å². The molecule has 2 aromatic rings. The molecule has 0 saturated heterocycles. The molecule has 0 radical (unpaired) electrons. The Morgan fingerprint density at radius 1 is 1.06 bits per heavy atom. The second kappa shape index (κ2) is 12.5. The number of nitrogens with one attached hydrogen (secondary N) is 1.